The van der Waals surface area contributed by atoms with Crippen LogP contribution in [0, 0.1) is 13.8 Å². The van der Waals surface area contributed by atoms with Gasteiger partial charge in [-0.2, -0.15) is 0 Å². The van der Waals surface area contributed by atoms with Crippen LogP contribution in [0.1, 0.15) is 11.1 Å². The number of nitrogens with one attached hydrogen (secondary N) is 2. The van der Waals surface area contributed by atoms with Crippen LogP contribution >= 0.6 is 0 Å². The SMILES string of the molecule is Cc1c(C)c2c3ccccc3[nH]c2c2c1[nH]c1ccccc12.F.FF. The van der Waals surface area contributed by atoms with Crippen molar-refractivity contribution in [3.63, 3.8) is 0 Å². The van der Waals surface area contributed by atoms with Crippen LogP contribution in [0.2, 0.25) is 0 Å². The van der Waals surface area contributed by atoms with Crippen LogP contribution in [-0.2, 0) is 0 Å². The van der Waals surface area contributed by atoms with E-state index in [1.165, 1.54) is 54.7 Å². The predicted octanol–water partition coefficient (Wildman–Crippen LogP) is 6.57. The summed E-state index contributed by atoms with van der Waals surface area (Å²) in [4.78, 5) is 7.25. The molecule has 0 aliphatic carbocycles. The van der Waals surface area contributed by atoms with E-state index in [1.807, 2.05) is 0 Å². The predicted molar refractivity (Wildman–Crippen MR) is 99.4 cm³/mol. The van der Waals surface area contributed by atoms with E-state index >= 15 is 0 Å². The maximum atomic E-state index is 8.00. The summed E-state index contributed by atoms with van der Waals surface area (Å²) in [5.41, 5.74) is 7.59. The number of aromatic nitrogens is 2. The molecule has 0 aliphatic heterocycles. The van der Waals surface area contributed by atoms with Gasteiger partial charge < -0.3 is 9.97 Å². The van der Waals surface area contributed by atoms with Gasteiger partial charge in [-0.25, -0.2) is 0 Å². The summed E-state index contributed by atoms with van der Waals surface area (Å²) in [6, 6.07) is 17.1. The van der Waals surface area contributed by atoms with Crippen molar-refractivity contribution in [3.8, 4) is 0 Å². The molecule has 2 heterocycles. The van der Waals surface area contributed by atoms with Crippen LogP contribution in [0.5, 0.6) is 0 Å². The maximum absolute atomic E-state index is 8.00. The second-order valence-corrected chi connectivity index (χ2v) is 6.09. The normalized spacial score (nSPS) is 10.9. The number of aromatic amines is 2. The number of aryl methyl sites for hydroxylation is 2. The van der Waals surface area contributed by atoms with Gasteiger partial charge in [-0.3, -0.25) is 4.70 Å². The van der Waals surface area contributed by atoms with Gasteiger partial charge in [0.05, 0.1) is 11.0 Å². The summed E-state index contributed by atoms with van der Waals surface area (Å²) in [7, 11) is 0. The molecule has 3 aromatic carbocycles. The number of halogens is 3. The molecule has 5 rings (SSSR count). The molecule has 0 aliphatic rings. The molecule has 5 heteroatoms. The van der Waals surface area contributed by atoms with E-state index in [4.69, 9.17) is 9.15 Å². The summed E-state index contributed by atoms with van der Waals surface area (Å²) < 4.78 is 16.0. The molecule has 2 N–H and O–H groups in total. The molecule has 0 saturated carbocycles. The molecule has 0 spiro atoms. The Bertz CT molecular complexity index is 1200. The van der Waals surface area contributed by atoms with Gasteiger partial charge in [0.15, 0.2) is 0 Å². The Morgan fingerprint density at radius 2 is 1.12 bits per heavy atom. The van der Waals surface area contributed by atoms with E-state index in [1.54, 1.807) is 0 Å². The van der Waals surface area contributed by atoms with Crippen molar-refractivity contribution in [2.24, 2.45) is 0 Å². The highest BCUT2D eigenvalue weighted by Crippen LogP contribution is 2.39. The van der Waals surface area contributed by atoms with Crippen molar-refractivity contribution >= 4 is 43.6 Å². The molecule has 2 nitrogen and oxygen atoms in total. The van der Waals surface area contributed by atoms with Crippen molar-refractivity contribution < 1.29 is 13.9 Å². The van der Waals surface area contributed by atoms with Gasteiger partial charge in [0, 0.05) is 41.7 Å². The highest BCUT2D eigenvalue weighted by atomic mass is 20.0. The number of fused-ring (bicyclic) bond motifs is 7. The average molecular weight is 342 g/mol. The summed E-state index contributed by atoms with van der Waals surface area (Å²) in [5, 5.41) is 5.26. The van der Waals surface area contributed by atoms with Gasteiger partial charge in [0.2, 0.25) is 0 Å². The Hall–Kier alpha value is -2.95. The summed E-state index contributed by atoms with van der Waals surface area (Å²) in [6.45, 7) is 4.44. The fourth-order valence-electron chi connectivity index (χ4n) is 3.78. The molecule has 0 saturated heterocycles. The third kappa shape index (κ3) is 2.19. The third-order valence-corrected chi connectivity index (χ3v) is 4.97. The lowest BCUT2D eigenvalue weighted by Crippen LogP contribution is -1.85. The molecular formula is C20H17F3N2. The van der Waals surface area contributed by atoms with Gasteiger partial charge in [-0.15, -0.1) is 0 Å². The lowest BCUT2D eigenvalue weighted by Gasteiger charge is -2.06. The number of H-pyrrole nitrogens is 2. The first-order valence-electron chi connectivity index (χ1n) is 7.80. The van der Waals surface area contributed by atoms with Gasteiger partial charge in [0.1, 0.15) is 0 Å². The fraction of sp³-hybridized carbons (Fsp3) is 0.100. The molecular weight excluding hydrogens is 325 g/mol. The number of hydrogen-bond acceptors (Lipinski definition) is 0. The molecule has 5 aromatic rings. The zero-order chi connectivity index (χ0) is 16.8. The van der Waals surface area contributed by atoms with Crippen LogP contribution in [0.3, 0.4) is 0 Å². The molecule has 128 valence electrons. The van der Waals surface area contributed by atoms with E-state index < -0.39 is 0 Å². The Morgan fingerprint density at radius 1 is 0.640 bits per heavy atom. The van der Waals surface area contributed by atoms with E-state index in [0.717, 1.165) is 0 Å². The summed E-state index contributed by atoms with van der Waals surface area (Å²) in [5.74, 6) is 0. The highest BCUT2D eigenvalue weighted by Gasteiger charge is 2.16. The first kappa shape index (κ1) is 16.9. The highest BCUT2D eigenvalue weighted by molar-refractivity contribution is 6.26. The van der Waals surface area contributed by atoms with Crippen molar-refractivity contribution in [3.05, 3.63) is 59.7 Å². The van der Waals surface area contributed by atoms with Crippen molar-refractivity contribution in [2.45, 2.75) is 13.8 Å². The van der Waals surface area contributed by atoms with Gasteiger partial charge in [0.25, 0.3) is 0 Å². The van der Waals surface area contributed by atoms with Gasteiger partial charge in [-0.05, 0) is 37.1 Å². The second-order valence-electron chi connectivity index (χ2n) is 6.09. The Morgan fingerprint density at radius 3 is 1.72 bits per heavy atom. The van der Waals surface area contributed by atoms with Crippen LogP contribution in [0.4, 0.5) is 13.9 Å². The standard InChI is InChI=1S/C20H16N2.F2.FH/c1-11-12(2)19-18(14-8-4-6-10-16(14)21-19)20-17(11)13-7-3-5-9-15(13)22-20;1-2;/h3-10,21-22H,1-2H3;;1H. The minimum absolute atomic E-state index is 0. The van der Waals surface area contributed by atoms with Crippen LogP contribution in [-0.4, -0.2) is 9.97 Å². The maximum Gasteiger partial charge on any atom is 0.0569 e. The molecule has 0 radical (unpaired) electrons. The Labute approximate surface area is 141 Å². The topological polar surface area (TPSA) is 31.6 Å². The van der Waals surface area contributed by atoms with E-state index in [-0.39, 0.29) is 4.70 Å². The lowest BCUT2D eigenvalue weighted by atomic mass is 9.98. The van der Waals surface area contributed by atoms with Crippen molar-refractivity contribution in [1.29, 1.82) is 0 Å². The van der Waals surface area contributed by atoms with Crippen LogP contribution in [0.25, 0.3) is 43.6 Å². The minimum atomic E-state index is 0. The molecule has 2 aromatic heterocycles. The second kappa shape index (κ2) is 6.16. The fourth-order valence-corrected chi connectivity index (χ4v) is 3.78. The minimum Gasteiger partial charge on any atom is -0.354 e. The van der Waals surface area contributed by atoms with Gasteiger partial charge >= 0.3 is 0 Å². The van der Waals surface area contributed by atoms with E-state index in [0.29, 0.717) is 0 Å². The monoisotopic (exact) mass is 342 g/mol. The molecule has 0 atom stereocenters. The Balaban J connectivity index is 0.000000588. The third-order valence-electron chi connectivity index (χ3n) is 4.97. The quantitative estimate of drug-likeness (QED) is 0.319. The number of para-hydroxylation sites is 2. The van der Waals surface area contributed by atoms with Crippen molar-refractivity contribution in [2.75, 3.05) is 0 Å². The largest absolute Gasteiger partial charge is 0.354 e. The number of benzene rings is 3. The summed E-state index contributed by atoms with van der Waals surface area (Å²) in [6.07, 6.45) is 0. The molecule has 0 fully saturated rings. The van der Waals surface area contributed by atoms with E-state index in [9.17, 15) is 0 Å². The lowest BCUT2D eigenvalue weighted by molar-refractivity contribution is 0.108. The van der Waals surface area contributed by atoms with Crippen molar-refractivity contribution in [1.82, 2.24) is 9.97 Å². The number of hydrogen-bond donors (Lipinski definition) is 2. The molecule has 0 unspecified atom stereocenters. The average Bonchev–Trinajstić information content (AvgIpc) is 3.20. The Kier molecular flexibility index (Phi) is 4.17. The summed E-state index contributed by atoms with van der Waals surface area (Å²) >= 11 is 0. The van der Waals surface area contributed by atoms with Gasteiger partial charge in [-0.1, -0.05) is 36.4 Å². The van der Waals surface area contributed by atoms with Crippen LogP contribution < -0.4 is 0 Å². The number of rotatable bonds is 0. The van der Waals surface area contributed by atoms with Crippen LogP contribution in [0.15, 0.2) is 48.5 Å². The smallest absolute Gasteiger partial charge is 0.0569 e. The zero-order valence-corrected chi connectivity index (χ0v) is 13.8. The molecule has 25 heavy (non-hydrogen) atoms. The molecule has 0 amide bonds. The first-order chi connectivity index (χ1) is 11.8. The zero-order valence-electron chi connectivity index (χ0n) is 13.8. The van der Waals surface area contributed by atoms with E-state index in [2.05, 4.69) is 72.3 Å². The molecule has 0 bridgehead atoms. The first-order valence-corrected chi connectivity index (χ1v) is 7.80.